The Bertz CT molecular complexity index is 754. The van der Waals surface area contributed by atoms with E-state index >= 15 is 0 Å². The summed E-state index contributed by atoms with van der Waals surface area (Å²) in [5.74, 6) is 0.541. The van der Waals surface area contributed by atoms with Crippen molar-refractivity contribution >= 4 is 0 Å². The largest absolute Gasteiger partial charge is 0.508 e. The maximum Gasteiger partial charge on any atom is 0.115 e. The van der Waals surface area contributed by atoms with Gasteiger partial charge in [-0.15, -0.1) is 0 Å². The van der Waals surface area contributed by atoms with Gasteiger partial charge in [0, 0.05) is 20.8 Å². The molecule has 114 valence electrons. The Morgan fingerprint density at radius 2 is 2.43 bits per heavy atom. The molecular weight excluding hydrogens is 258 g/mol. The lowest BCUT2D eigenvalue weighted by molar-refractivity contribution is 0.0380. The van der Waals surface area contributed by atoms with E-state index in [1.54, 1.807) is 6.07 Å². The molecule has 0 radical (unpaired) electrons. The van der Waals surface area contributed by atoms with Crippen molar-refractivity contribution in [3.8, 4) is 5.75 Å². The van der Waals surface area contributed by atoms with Gasteiger partial charge in [0.1, 0.15) is 5.75 Å². The van der Waals surface area contributed by atoms with Gasteiger partial charge in [0.2, 0.25) is 0 Å². The highest BCUT2D eigenvalue weighted by molar-refractivity contribution is 5.44. The number of benzene rings is 1. The first-order valence-electron chi connectivity index (χ1n) is 10.6. The highest BCUT2D eigenvalue weighted by Crippen LogP contribution is 2.49. The zero-order chi connectivity index (χ0) is 20.2. The van der Waals surface area contributed by atoms with E-state index in [9.17, 15) is 5.11 Å². The van der Waals surface area contributed by atoms with Crippen LogP contribution in [0.2, 0.25) is 0 Å². The second kappa shape index (κ2) is 5.17. The van der Waals surface area contributed by atoms with Crippen molar-refractivity contribution in [2.75, 3.05) is 13.1 Å². The summed E-state index contributed by atoms with van der Waals surface area (Å²) >= 11 is 0. The SMILES string of the molecule is [2H]C([2H])([2H])/C=C(\CN1CC[C@@]2(C)c3cc(O)ccc3C[C@@H]1[C@@H]2C)C([2H])([2H])[2H]. The lowest BCUT2D eigenvalue weighted by Gasteiger charge is -2.54. The van der Waals surface area contributed by atoms with Gasteiger partial charge in [-0.25, -0.2) is 0 Å². The zero-order valence-electron chi connectivity index (χ0n) is 18.7. The van der Waals surface area contributed by atoms with Crippen LogP contribution in [0.1, 0.15) is 53.3 Å². The molecule has 2 heteroatoms. The Morgan fingerprint density at radius 3 is 3.19 bits per heavy atom. The molecule has 1 saturated heterocycles. The smallest absolute Gasteiger partial charge is 0.115 e. The number of nitrogens with zero attached hydrogens (tertiary/aromatic N) is 1. The fourth-order valence-electron chi connectivity index (χ4n) is 4.16. The number of hydrogen-bond donors (Lipinski definition) is 1. The molecule has 1 fully saturated rings. The standard InChI is InChI=1S/C19H27NO/c1-5-13(2)12-20-9-8-19(4)14(3)18(20)10-15-6-7-16(21)11-17(15)19/h5-7,11,14,18,21H,8-10,12H2,1-4H3/b13-5-/t14-,18+,19+/m0/s1/i1D3,2D3. The van der Waals surface area contributed by atoms with Crippen LogP contribution in [0.25, 0.3) is 0 Å². The molecule has 0 saturated carbocycles. The molecule has 1 aliphatic heterocycles. The minimum absolute atomic E-state index is 0.00481. The van der Waals surface area contributed by atoms with E-state index in [1.165, 1.54) is 11.1 Å². The van der Waals surface area contributed by atoms with E-state index in [0.29, 0.717) is 6.54 Å². The highest BCUT2D eigenvalue weighted by Gasteiger charge is 2.48. The number of aromatic hydroxyl groups is 1. The van der Waals surface area contributed by atoms with Crippen LogP contribution >= 0.6 is 0 Å². The molecule has 21 heavy (non-hydrogen) atoms. The van der Waals surface area contributed by atoms with Gasteiger partial charge in [-0.1, -0.05) is 31.6 Å². The Hall–Kier alpha value is -1.28. The van der Waals surface area contributed by atoms with Crippen molar-refractivity contribution in [3.63, 3.8) is 0 Å². The van der Waals surface area contributed by atoms with Crippen molar-refractivity contribution in [2.24, 2.45) is 5.92 Å². The molecule has 0 unspecified atom stereocenters. The van der Waals surface area contributed by atoms with Gasteiger partial charge in [0.05, 0.1) is 0 Å². The van der Waals surface area contributed by atoms with Crippen molar-refractivity contribution in [1.82, 2.24) is 4.90 Å². The number of piperidine rings is 1. The quantitative estimate of drug-likeness (QED) is 0.836. The van der Waals surface area contributed by atoms with E-state index in [2.05, 4.69) is 18.7 Å². The number of fused-ring (bicyclic) bond motifs is 4. The monoisotopic (exact) mass is 291 g/mol. The molecular formula is C19H27NO. The summed E-state index contributed by atoms with van der Waals surface area (Å²) in [6.45, 7) is 0.407. The van der Waals surface area contributed by atoms with Gasteiger partial charge in [-0.2, -0.15) is 0 Å². The fourth-order valence-corrected chi connectivity index (χ4v) is 4.16. The van der Waals surface area contributed by atoms with Crippen molar-refractivity contribution in [3.05, 3.63) is 41.0 Å². The van der Waals surface area contributed by atoms with Crippen LogP contribution in [0.5, 0.6) is 5.75 Å². The predicted octanol–water partition coefficient (Wildman–Crippen LogP) is 3.88. The molecule has 1 aliphatic carbocycles. The first-order valence-corrected chi connectivity index (χ1v) is 7.60. The van der Waals surface area contributed by atoms with E-state index < -0.39 is 13.7 Å². The molecule has 0 amide bonds. The molecule has 3 rings (SSSR count). The van der Waals surface area contributed by atoms with Gasteiger partial charge in [0.15, 0.2) is 0 Å². The van der Waals surface area contributed by atoms with Gasteiger partial charge >= 0.3 is 0 Å². The molecule has 0 spiro atoms. The van der Waals surface area contributed by atoms with Gasteiger partial charge in [-0.05, 0) is 67.7 Å². The summed E-state index contributed by atoms with van der Waals surface area (Å²) in [5, 5.41) is 9.92. The van der Waals surface area contributed by atoms with Crippen molar-refractivity contribution in [2.45, 2.75) is 51.8 Å². The Morgan fingerprint density at radius 1 is 1.57 bits per heavy atom. The van der Waals surface area contributed by atoms with Gasteiger partial charge < -0.3 is 5.11 Å². The molecule has 2 bridgehead atoms. The second-order valence-corrected chi connectivity index (χ2v) is 6.71. The minimum Gasteiger partial charge on any atom is -0.508 e. The maximum absolute atomic E-state index is 9.92. The molecule has 1 aromatic rings. The van der Waals surface area contributed by atoms with Crippen LogP contribution in [0.3, 0.4) is 0 Å². The highest BCUT2D eigenvalue weighted by atomic mass is 16.3. The predicted molar refractivity (Wildman–Crippen MR) is 87.7 cm³/mol. The van der Waals surface area contributed by atoms with Crippen molar-refractivity contribution in [1.29, 1.82) is 0 Å². The van der Waals surface area contributed by atoms with Crippen LogP contribution in [-0.2, 0) is 11.8 Å². The average molecular weight is 291 g/mol. The third kappa shape index (κ3) is 2.30. The van der Waals surface area contributed by atoms with Crippen LogP contribution in [0.15, 0.2) is 29.8 Å². The summed E-state index contributed by atoms with van der Waals surface area (Å²) in [7, 11) is 0. The summed E-state index contributed by atoms with van der Waals surface area (Å²) in [6.07, 6.45) is 2.55. The van der Waals surface area contributed by atoms with E-state index in [-0.39, 0.29) is 35.2 Å². The summed E-state index contributed by atoms with van der Waals surface area (Å²) in [5.41, 5.74) is 2.27. The third-order valence-electron chi connectivity index (χ3n) is 5.65. The van der Waals surface area contributed by atoms with Crippen LogP contribution < -0.4 is 0 Å². The molecule has 1 aromatic carbocycles. The van der Waals surface area contributed by atoms with Crippen LogP contribution in [0, 0.1) is 5.92 Å². The summed E-state index contributed by atoms with van der Waals surface area (Å²) < 4.78 is 45.6. The maximum atomic E-state index is 9.92. The molecule has 3 atom stereocenters. The Labute approximate surface area is 136 Å². The molecule has 1 N–H and O–H groups in total. The topological polar surface area (TPSA) is 23.5 Å². The van der Waals surface area contributed by atoms with Gasteiger partial charge in [-0.3, -0.25) is 4.90 Å². The fraction of sp³-hybridized carbons (Fsp3) is 0.579. The molecule has 2 aliphatic rings. The van der Waals surface area contributed by atoms with E-state index in [1.807, 2.05) is 12.1 Å². The Balaban J connectivity index is 1.93. The van der Waals surface area contributed by atoms with E-state index in [4.69, 9.17) is 8.22 Å². The lowest BCUT2D eigenvalue weighted by Crippen LogP contribution is -2.58. The first kappa shape index (κ1) is 8.99. The van der Waals surface area contributed by atoms with E-state index in [0.717, 1.165) is 18.9 Å². The number of phenolic OH excluding ortho intramolecular Hbond substituents is 1. The van der Waals surface area contributed by atoms with Gasteiger partial charge in [0.25, 0.3) is 0 Å². The number of hydrogen-bond acceptors (Lipinski definition) is 2. The second-order valence-electron chi connectivity index (χ2n) is 6.71. The normalized spacial score (nSPS) is 38.3. The number of rotatable bonds is 2. The first-order chi connectivity index (χ1) is 12.3. The van der Waals surface area contributed by atoms with Crippen LogP contribution in [-0.4, -0.2) is 29.1 Å². The number of allylic oxidation sites excluding steroid dienone is 1. The zero-order valence-corrected chi connectivity index (χ0v) is 12.7. The molecule has 2 nitrogen and oxygen atoms in total. The summed E-state index contributed by atoms with van der Waals surface area (Å²) in [4.78, 5) is 2.13. The lowest BCUT2D eigenvalue weighted by atomic mass is 9.59. The average Bonchev–Trinajstić information content (AvgIpc) is 2.51. The molecule has 1 heterocycles. The van der Waals surface area contributed by atoms with Crippen molar-refractivity contribution < 1.29 is 13.3 Å². The third-order valence-corrected chi connectivity index (χ3v) is 5.65. The minimum atomic E-state index is -2.42. The summed E-state index contributed by atoms with van der Waals surface area (Å²) in [6, 6.07) is 5.65. The number of likely N-dealkylation sites (tertiary alicyclic amines) is 1. The number of phenols is 1. The Kier molecular flexibility index (Phi) is 2.21. The van der Waals surface area contributed by atoms with Crippen LogP contribution in [0.4, 0.5) is 0 Å². The molecule has 0 aromatic heterocycles.